The summed E-state index contributed by atoms with van der Waals surface area (Å²) < 4.78 is 17.0. The van der Waals surface area contributed by atoms with Crippen LogP contribution in [0.15, 0.2) is 70.8 Å². The van der Waals surface area contributed by atoms with E-state index < -0.39 is 0 Å². The number of aryl methyl sites for hydroxylation is 1. The number of amidine groups is 1. The van der Waals surface area contributed by atoms with E-state index in [1.165, 1.54) is 5.56 Å². The maximum Gasteiger partial charge on any atom is 0.161 e. The van der Waals surface area contributed by atoms with Gasteiger partial charge in [0.1, 0.15) is 11.5 Å². The Morgan fingerprint density at radius 1 is 0.812 bits per heavy atom. The number of benzene rings is 3. The van der Waals surface area contributed by atoms with Crippen LogP contribution in [0.25, 0.3) is 0 Å². The Hall–Kier alpha value is -3.80. The Bertz CT molecular complexity index is 1170. The molecule has 3 aromatic rings. The van der Waals surface area contributed by atoms with Gasteiger partial charge in [-0.15, -0.1) is 0 Å². The molecule has 1 N–H and O–H groups in total. The second-order valence-electron chi connectivity index (χ2n) is 7.31. The van der Waals surface area contributed by atoms with Crippen LogP contribution in [0.3, 0.4) is 0 Å². The van der Waals surface area contributed by atoms with Crippen molar-refractivity contribution in [2.45, 2.75) is 20.8 Å². The molecule has 0 bridgehead atoms. The summed E-state index contributed by atoms with van der Waals surface area (Å²) in [5.41, 5.74) is 8.62. The molecule has 1 aliphatic rings. The van der Waals surface area contributed by atoms with E-state index in [1.807, 2.05) is 62.4 Å². The fourth-order valence-electron chi connectivity index (χ4n) is 3.50. The molecular formula is C26H27N3O3. The van der Waals surface area contributed by atoms with E-state index in [9.17, 15) is 0 Å². The van der Waals surface area contributed by atoms with Crippen LogP contribution in [0.1, 0.15) is 36.1 Å². The Labute approximate surface area is 188 Å². The van der Waals surface area contributed by atoms with Gasteiger partial charge in [-0.1, -0.05) is 29.8 Å². The molecule has 0 fully saturated rings. The van der Waals surface area contributed by atoms with Gasteiger partial charge in [0.15, 0.2) is 17.3 Å². The molecule has 4 rings (SSSR count). The molecule has 1 heterocycles. The predicted octanol–water partition coefficient (Wildman–Crippen LogP) is 5.23. The number of hydrogen-bond acceptors (Lipinski definition) is 6. The Morgan fingerprint density at radius 3 is 2.25 bits per heavy atom. The fraction of sp³-hybridized carbons (Fsp3) is 0.231. The molecule has 0 radical (unpaired) electrons. The second kappa shape index (κ2) is 9.56. The molecule has 0 unspecified atom stereocenters. The van der Waals surface area contributed by atoms with E-state index in [2.05, 4.69) is 24.5 Å². The molecule has 164 valence electrons. The van der Waals surface area contributed by atoms with Crippen LogP contribution in [0.4, 0.5) is 5.69 Å². The fourth-order valence-corrected chi connectivity index (χ4v) is 3.50. The van der Waals surface area contributed by atoms with Gasteiger partial charge in [0.2, 0.25) is 0 Å². The summed E-state index contributed by atoms with van der Waals surface area (Å²) >= 11 is 0. The van der Waals surface area contributed by atoms with Gasteiger partial charge in [-0.25, -0.2) is 4.99 Å². The van der Waals surface area contributed by atoms with Crippen LogP contribution in [-0.4, -0.2) is 31.9 Å². The SMILES string of the molecule is CCOc1ccc(C2=NNC(c3ccc(C)cc3)=Nc3ccc(OC)cc32)cc1OCC. The van der Waals surface area contributed by atoms with Crippen molar-refractivity contribution in [2.24, 2.45) is 10.1 Å². The summed E-state index contributed by atoms with van der Waals surface area (Å²) in [6.45, 7) is 7.07. The standard InChI is InChI=1S/C26H27N3O3/c1-5-31-23-14-11-19(15-24(23)32-6-2)25-21-16-20(30-4)12-13-22(21)27-26(29-28-25)18-9-7-17(3)8-10-18/h7-16H,5-6H2,1-4H3,(H,27,29). The smallest absolute Gasteiger partial charge is 0.161 e. The molecule has 1 aliphatic heterocycles. The highest BCUT2D eigenvalue weighted by Crippen LogP contribution is 2.33. The van der Waals surface area contributed by atoms with Crippen LogP contribution >= 0.6 is 0 Å². The van der Waals surface area contributed by atoms with Crippen LogP contribution in [0, 0.1) is 6.92 Å². The van der Waals surface area contributed by atoms with E-state index in [0.29, 0.717) is 30.5 Å². The van der Waals surface area contributed by atoms with E-state index >= 15 is 0 Å². The third kappa shape index (κ3) is 4.44. The highest BCUT2D eigenvalue weighted by Gasteiger charge is 2.20. The lowest BCUT2D eigenvalue weighted by Crippen LogP contribution is -2.19. The molecule has 0 atom stereocenters. The van der Waals surface area contributed by atoms with Crippen molar-refractivity contribution in [3.8, 4) is 17.2 Å². The number of nitrogens with zero attached hydrogens (tertiary/aromatic N) is 2. The number of hydrogen-bond donors (Lipinski definition) is 1. The van der Waals surface area contributed by atoms with Crippen LogP contribution < -0.4 is 19.6 Å². The van der Waals surface area contributed by atoms with Gasteiger partial charge in [0.25, 0.3) is 0 Å². The number of nitrogens with one attached hydrogen (secondary N) is 1. The van der Waals surface area contributed by atoms with Crippen LogP contribution in [0.5, 0.6) is 17.2 Å². The van der Waals surface area contributed by atoms with Crippen molar-refractivity contribution in [1.29, 1.82) is 0 Å². The molecule has 0 aromatic heterocycles. The first-order valence-electron chi connectivity index (χ1n) is 10.7. The lowest BCUT2D eigenvalue weighted by atomic mass is 10.00. The molecular weight excluding hydrogens is 402 g/mol. The minimum absolute atomic E-state index is 0.541. The number of fused-ring (bicyclic) bond motifs is 1. The first-order chi connectivity index (χ1) is 15.6. The third-order valence-electron chi connectivity index (χ3n) is 5.11. The summed E-state index contributed by atoms with van der Waals surface area (Å²) in [5.74, 6) is 2.81. The van der Waals surface area contributed by atoms with Gasteiger partial charge in [0, 0.05) is 16.7 Å². The summed E-state index contributed by atoms with van der Waals surface area (Å²) in [4.78, 5) is 4.88. The van der Waals surface area contributed by atoms with Crippen LogP contribution in [-0.2, 0) is 0 Å². The third-order valence-corrected chi connectivity index (χ3v) is 5.11. The Morgan fingerprint density at radius 2 is 1.53 bits per heavy atom. The number of aliphatic imine (C=N–C) groups is 1. The number of methoxy groups -OCH3 is 1. The number of ether oxygens (including phenoxy) is 3. The lowest BCUT2D eigenvalue weighted by molar-refractivity contribution is 0.287. The summed E-state index contributed by atoms with van der Waals surface area (Å²) in [5, 5.41) is 4.75. The van der Waals surface area contributed by atoms with E-state index in [-0.39, 0.29) is 0 Å². The van der Waals surface area contributed by atoms with Crippen molar-refractivity contribution < 1.29 is 14.2 Å². The average Bonchev–Trinajstić information content (AvgIpc) is 3.00. The zero-order valence-corrected chi connectivity index (χ0v) is 18.8. The minimum Gasteiger partial charge on any atom is -0.497 e. The highest BCUT2D eigenvalue weighted by atomic mass is 16.5. The first kappa shape index (κ1) is 21.4. The molecule has 0 aliphatic carbocycles. The molecule has 6 nitrogen and oxygen atoms in total. The van der Waals surface area contributed by atoms with Gasteiger partial charge in [-0.3, -0.25) is 5.43 Å². The van der Waals surface area contributed by atoms with E-state index in [1.54, 1.807) is 7.11 Å². The number of rotatable bonds is 7. The molecule has 3 aromatic carbocycles. The van der Waals surface area contributed by atoms with Crippen molar-refractivity contribution in [1.82, 2.24) is 5.43 Å². The Kier molecular flexibility index (Phi) is 6.40. The summed E-state index contributed by atoms with van der Waals surface area (Å²) in [6, 6.07) is 19.8. The van der Waals surface area contributed by atoms with Crippen molar-refractivity contribution >= 4 is 17.2 Å². The largest absolute Gasteiger partial charge is 0.497 e. The summed E-state index contributed by atoms with van der Waals surface area (Å²) in [7, 11) is 1.65. The monoisotopic (exact) mass is 429 g/mol. The molecule has 0 saturated carbocycles. The van der Waals surface area contributed by atoms with Crippen molar-refractivity contribution in [3.05, 3.63) is 82.9 Å². The zero-order chi connectivity index (χ0) is 22.5. The van der Waals surface area contributed by atoms with E-state index in [0.717, 1.165) is 33.8 Å². The molecule has 32 heavy (non-hydrogen) atoms. The topological polar surface area (TPSA) is 64.4 Å². The minimum atomic E-state index is 0.541. The van der Waals surface area contributed by atoms with Crippen molar-refractivity contribution in [3.63, 3.8) is 0 Å². The average molecular weight is 430 g/mol. The maximum atomic E-state index is 5.83. The predicted molar refractivity (Wildman–Crippen MR) is 128 cm³/mol. The molecule has 0 spiro atoms. The lowest BCUT2D eigenvalue weighted by Gasteiger charge is -2.14. The highest BCUT2D eigenvalue weighted by molar-refractivity contribution is 6.18. The Balaban J connectivity index is 1.83. The molecule has 0 saturated heterocycles. The zero-order valence-electron chi connectivity index (χ0n) is 18.8. The van der Waals surface area contributed by atoms with Gasteiger partial charge in [-0.2, -0.15) is 5.10 Å². The normalized spacial score (nSPS) is 12.6. The van der Waals surface area contributed by atoms with E-state index in [4.69, 9.17) is 24.3 Å². The van der Waals surface area contributed by atoms with Gasteiger partial charge in [-0.05, 0) is 57.2 Å². The van der Waals surface area contributed by atoms with Gasteiger partial charge >= 0.3 is 0 Å². The van der Waals surface area contributed by atoms with Gasteiger partial charge < -0.3 is 14.2 Å². The quantitative estimate of drug-likeness (QED) is 0.558. The number of hydrazone groups is 1. The second-order valence-corrected chi connectivity index (χ2v) is 7.31. The maximum absolute atomic E-state index is 5.83. The molecule has 0 amide bonds. The summed E-state index contributed by atoms with van der Waals surface area (Å²) in [6.07, 6.45) is 0. The first-order valence-corrected chi connectivity index (χ1v) is 10.7. The van der Waals surface area contributed by atoms with Crippen LogP contribution in [0.2, 0.25) is 0 Å². The van der Waals surface area contributed by atoms with Crippen molar-refractivity contribution in [2.75, 3.05) is 20.3 Å². The van der Waals surface area contributed by atoms with Gasteiger partial charge in [0.05, 0.1) is 26.0 Å². The molecule has 6 heteroatoms.